The molecule has 0 aromatic heterocycles. The molecule has 3 N–H and O–H groups in total. The first kappa shape index (κ1) is 16.8. The maximum absolute atomic E-state index is 12.1. The van der Waals surface area contributed by atoms with Crippen LogP contribution in [0.5, 0.6) is 0 Å². The number of halogens is 3. The van der Waals surface area contributed by atoms with Crippen molar-refractivity contribution in [2.75, 3.05) is 31.5 Å². The summed E-state index contributed by atoms with van der Waals surface area (Å²) >= 11 is 18.0. The lowest BCUT2D eigenvalue weighted by Gasteiger charge is -2.31. The van der Waals surface area contributed by atoms with Crippen LogP contribution in [0.3, 0.4) is 0 Å². The SMILES string of the molecule is NCC1CCCN(CC(=O)Nc2c(Cl)cc(Cl)cc2Cl)C1. The summed E-state index contributed by atoms with van der Waals surface area (Å²) in [6.45, 7) is 2.73. The Morgan fingerprint density at radius 1 is 1.33 bits per heavy atom. The van der Waals surface area contributed by atoms with Gasteiger partial charge in [-0.15, -0.1) is 0 Å². The number of piperidine rings is 1. The highest BCUT2D eigenvalue weighted by atomic mass is 35.5. The summed E-state index contributed by atoms with van der Waals surface area (Å²) in [5, 5.41) is 3.85. The lowest BCUT2D eigenvalue weighted by molar-refractivity contribution is -0.117. The van der Waals surface area contributed by atoms with Crippen LogP contribution in [0.1, 0.15) is 12.8 Å². The largest absolute Gasteiger partial charge is 0.330 e. The molecule has 1 unspecified atom stereocenters. The molecule has 4 nitrogen and oxygen atoms in total. The molecule has 1 atom stereocenters. The lowest BCUT2D eigenvalue weighted by atomic mass is 9.98. The molecule has 7 heteroatoms. The van der Waals surface area contributed by atoms with Crippen LogP contribution in [0.4, 0.5) is 5.69 Å². The molecule has 0 aliphatic carbocycles. The molecule has 0 spiro atoms. The van der Waals surface area contributed by atoms with E-state index in [0.29, 0.717) is 39.8 Å². The number of hydrogen-bond donors (Lipinski definition) is 2. The van der Waals surface area contributed by atoms with Gasteiger partial charge in [-0.25, -0.2) is 0 Å². The van der Waals surface area contributed by atoms with E-state index in [1.54, 1.807) is 12.1 Å². The van der Waals surface area contributed by atoms with Crippen LogP contribution in [0.15, 0.2) is 12.1 Å². The van der Waals surface area contributed by atoms with E-state index in [2.05, 4.69) is 10.2 Å². The van der Waals surface area contributed by atoms with Gasteiger partial charge in [0, 0.05) is 11.6 Å². The van der Waals surface area contributed by atoms with E-state index >= 15 is 0 Å². The highest BCUT2D eigenvalue weighted by Gasteiger charge is 2.21. The van der Waals surface area contributed by atoms with Crippen molar-refractivity contribution in [2.24, 2.45) is 11.7 Å². The maximum atomic E-state index is 12.1. The van der Waals surface area contributed by atoms with Crippen molar-refractivity contribution in [3.05, 3.63) is 27.2 Å². The summed E-state index contributed by atoms with van der Waals surface area (Å²) in [5.41, 5.74) is 6.10. The molecule has 0 bridgehead atoms. The third kappa shape index (κ3) is 4.73. The zero-order valence-electron chi connectivity index (χ0n) is 11.5. The van der Waals surface area contributed by atoms with E-state index in [9.17, 15) is 4.79 Å². The number of nitrogens with zero attached hydrogens (tertiary/aromatic N) is 1. The Kier molecular flexibility index (Phi) is 6.14. The number of rotatable bonds is 4. The molecule has 1 aromatic carbocycles. The number of carbonyl (C=O) groups is 1. The summed E-state index contributed by atoms with van der Waals surface area (Å²) in [4.78, 5) is 14.2. The average Bonchev–Trinajstić information content (AvgIpc) is 2.43. The number of amides is 1. The molecule has 0 radical (unpaired) electrons. The molecule has 0 saturated carbocycles. The highest BCUT2D eigenvalue weighted by molar-refractivity contribution is 6.42. The van der Waals surface area contributed by atoms with Crippen LogP contribution in [-0.2, 0) is 4.79 Å². The van der Waals surface area contributed by atoms with Gasteiger partial charge in [0.2, 0.25) is 5.91 Å². The molecule has 1 aliphatic rings. The average molecular weight is 351 g/mol. The van der Waals surface area contributed by atoms with Crippen LogP contribution in [-0.4, -0.2) is 37.0 Å². The molecule has 1 saturated heterocycles. The molecular formula is C14H18Cl3N3O. The zero-order chi connectivity index (χ0) is 15.4. The summed E-state index contributed by atoms with van der Waals surface area (Å²) in [6, 6.07) is 3.10. The van der Waals surface area contributed by atoms with Gasteiger partial charge in [0.05, 0.1) is 22.3 Å². The number of benzene rings is 1. The molecular weight excluding hydrogens is 333 g/mol. The molecule has 21 heavy (non-hydrogen) atoms. The number of anilines is 1. The minimum atomic E-state index is -0.140. The predicted octanol–water partition coefficient (Wildman–Crippen LogP) is 3.26. The quantitative estimate of drug-likeness (QED) is 0.876. The molecule has 1 aliphatic heterocycles. The van der Waals surface area contributed by atoms with Crippen LogP contribution in [0, 0.1) is 5.92 Å². The van der Waals surface area contributed by atoms with Gasteiger partial charge in [0.15, 0.2) is 0 Å². The molecule has 1 amide bonds. The number of nitrogens with one attached hydrogen (secondary N) is 1. The number of nitrogens with two attached hydrogens (primary N) is 1. The van der Waals surface area contributed by atoms with Gasteiger partial charge >= 0.3 is 0 Å². The Hall–Kier alpha value is -0.520. The first-order valence-electron chi connectivity index (χ1n) is 6.86. The molecule has 116 valence electrons. The van der Waals surface area contributed by atoms with Crippen LogP contribution in [0.2, 0.25) is 15.1 Å². The van der Waals surface area contributed by atoms with E-state index in [-0.39, 0.29) is 5.91 Å². The van der Waals surface area contributed by atoms with Crippen molar-refractivity contribution in [3.63, 3.8) is 0 Å². The van der Waals surface area contributed by atoms with Crippen LogP contribution < -0.4 is 11.1 Å². The van der Waals surface area contributed by atoms with E-state index in [4.69, 9.17) is 40.5 Å². The number of likely N-dealkylation sites (tertiary alicyclic amines) is 1. The van der Waals surface area contributed by atoms with E-state index in [0.717, 1.165) is 25.9 Å². The van der Waals surface area contributed by atoms with Gasteiger partial charge in [0.1, 0.15) is 0 Å². The molecule has 1 heterocycles. The minimum absolute atomic E-state index is 0.140. The van der Waals surface area contributed by atoms with Gasteiger partial charge in [-0.2, -0.15) is 0 Å². The zero-order valence-corrected chi connectivity index (χ0v) is 13.8. The van der Waals surface area contributed by atoms with Crippen molar-refractivity contribution in [1.29, 1.82) is 0 Å². The predicted molar refractivity (Wildman–Crippen MR) is 88.3 cm³/mol. The fourth-order valence-electron chi connectivity index (χ4n) is 2.53. The summed E-state index contributed by atoms with van der Waals surface area (Å²) in [6.07, 6.45) is 2.20. The summed E-state index contributed by atoms with van der Waals surface area (Å²) in [5.74, 6) is 0.327. The minimum Gasteiger partial charge on any atom is -0.330 e. The molecule has 1 fully saturated rings. The number of hydrogen-bond acceptors (Lipinski definition) is 3. The third-order valence-corrected chi connectivity index (χ3v) is 4.39. The Morgan fingerprint density at radius 2 is 2.00 bits per heavy atom. The summed E-state index contributed by atoms with van der Waals surface area (Å²) < 4.78 is 0. The topological polar surface area (TPSA) is 58.4 Å². The van der Waals surface area contributed by atoms with Crippen molar-refractivity contribution in [2.45, 2.75) is 12.8 Å². The van der Waals surface area contributed by atoms with Gasteiger partial charge in [-0.1, -0.05) is 34.8 Å². The second-order valence-electron chi connectivity index (χ2n) is 5.27. The standard InChI is InChI=1S/C14H18Cl3N3O/c15-10-4-11(16)14(12(17)5-10)19-13(21)8-20-3-1-2-9(6-18)7-20/h4-5,9H,1-3,6-8,18H2,(H,19,21). The third-order valence-electron chi connectivity index (χ3n) is 3.57. The Labute approximate surface area is 139 Å². The molecule has 2 rings (SSSR count). The Morgan fingerprint density at radius 3 is 2.62 bits per heavy atom. The Balaban J connectivity index is 1.96. The number of carbonyl (C=O) groups excluding carboxylic acids is 1. The monoisotopic (exact) mass is 349 g/mol. The maximum Gasteiger partial charge on any atom is 0.238 e. The van der Waals surface area contributed by atoms with Crippen molar-refractivity contribution >= 4 is 46.4 Å². The van der Waals surface area contributed by atoms with E-state index < -0.39 is 0 Å². The van der Waals surface area contributed by atoms with Crippen LogP contribution >= 0.6 is 34.8 Å². The van der Waals surface area contributed by atoms with Gasteiger partial charge in [-0.3, -0.25) is 9.69 Å². The second-order valence-corrected chi connectivity index (χ2v) is 6.52. The van der Waals surface area contributed by atoms with Gasteiger partial charge in [-0.05, 0) is 44.0 Å². The van der Waals surface area contributed by atoms with Crippen molar-refractivity contribution in [3.8, 4) is 0 Å². The lowest BCUT2D eigenvalue weighted by Crippen LogP contribution is -2.42. The first-order valence-corrected chi connectivity index (χ1v) is 7.99. The van der Waals surface area contributed by atoms with E-state index in [1.165, 1.54) is 0 Å². The van der Waals surface area contributed by atoms with Gasteiger partial charge < -0.3 is 11.1 Å². The Bertz CT molecular complexity index is 501. The second kappa shape index (κ2) is 7.65. The van der Waals surface area contributed by atoms with Crippen LogP contribution in [0.25, 0.3) is 0 Å². The fourth-order valence-corrected chi connectivity index (χ4v) is 3.44. The smallest absolute Gasteiger partial charge is 0.238 e. The van der Waals surface area contributed by atoms with Gasteiger partial charge in [0.25, 0.3) is 0 Å². The summed E-state index contributed by atoms with van der Waals surface area (Å²) in [7, 11) is 0. The van der Waals surface area contributed by atoms with Crippen molar-refractivity contribution < 1.29 is 4.79 Å². The van der Waals surface area contributed by atoms with Crippen molar-refractivity contribution in [1.82, 2.24) is 4.90 Å². The highest BCUT2D eigenvalue weighted by Crippen LogP contribution is 2.33. The van der Waals surface area contributed by atoms with E-state index in [1.807, 2.05) is 0 Å². The first-order chi connectivity index (χ1) is 9.99. The fraction of sp³-hybridized carbons (Fsp3) is 0.500. The normalized spacial score (nSPS) is 19.5. The molecule has 1 aromatic rings.